The summed E-state index contributed by atoms with van der Waals surface area (Å²) in [5, 5.41) is 3.08. The molecule has 7 nitrogen and oxygen atoms in total. The van der Waals surface area contributed by atoms with E-state index >= 15 is 0 Å². The molecule has 4 rings (SSSR count). The minimum Gasteiger partial charge on any atom is -0.493 e. The first-order chi connectivity index (χ1) is 17.1. The molecule has 0 saturated carbocycles. The van der Waals surface area contributed by atoms with Gasteiger partial charge in [0.05, 0.1) is 31.2 Å². The van der Waals surface area contributed by atoms with Crippen molar-refractivity contribution in [3.63, 3.8) is 0 Å². The predicted octanol–water partition coefficient (Wildman–Crippen LogP) is 4.15. The maximum atomic E-state index is 13.1. The normalized spacial score (nSPS) is 14.5. The Morgan fingerprint density at radius 3 is 2.57 bits per heavy atom. The van der Waals surface area contributed by atoms with Crippen LogP contribution in [0.3, 0.4) is 0 Å². The van der Waals surface area contributed by atoms with Crippen LogP contribution in [0.15, 0.2) is 54.7 Å². The van der Waals surface area contributed by atoms with Crippen molar-refractivity contribution in [2.75, 3.05) is 33.9 Å². The van der Waals surface area contributed by atoms with Crippen molar-refractivity contribution in [1.82, 2.24) is 20.2 Å². The summed E-state index contributed by atoms with van der Waals surface area (Å²) in [4.78, 5) is 24.8. The number of aromatic nitrogens is 2. The summed E-state index contributed by atoms with van der Waals surface area (Å²) in [6, 6.07) is 15.7. The second-order valence-electron chi connectivity index (χ2n) is 8.95. The lowest BCUT2D eigenvalue weighted by Crippen LogP contribution is -2.34. The molecule has 184 valence electrons. The molecule has 1 amide bonds. The summed E-state index contributed by atoms with van der Waals surface area (Å²) in [7, 11) is 3.24. The Kier molecular flexibility index (Phi) is 8.32. The minimum absolute atomic E-state index is 0.0658. The molecule has 0 atom stereocenters. The predicted molar refractivity (Wildman–Crippen MR) is 136 cm³/mol. The number of ether oxygens (including phenoxy) is 2. The van der Waals surface area contributed by atoms with Gasteiger partial charge < -0.3 is 14.8 Å². The summed E-state index contributed by atoms with van der Waals surface area (Å²) >= 11 is 0. The Morgan fingerprint density at radius 1 is 1.06 bits per heavy atom. The number of piperidine rings is 1. The van der Waals surface area contributed by atoms with Crippen molar-refractivity contribution in [3.8, 4) is 11.5 Å². The summed E-state index contributed by atoms with van der Waals surface area (Å²) < 4.78 is 10.7. The zero-order valence-corrected chi connectivity index (χ0v) is 20.8. The van der Waals surface area contributed by atoms with Crippen molar-refractivity contribution in [2.24, 2.45) is 0 Å². The monoisotopic (exact) mass is 474 g/mol. The van der Waals surface area contributed by atoms with E-state index in [4.69, 9.17) is 14.5 Å². The highest BCUT2D eigenvalue weighted by molar-refractivity contribution is 5.95. The minimum atomic E-state index is -0.0658. The molecule has 0 unspecified atom stereocenters. The molecule has 1 aliphatic rings. The fraction of sp³-hybridized carbons (Fsp3) is 0.393. The Hall–Kier alpha value is -3.45. The van der Waals surface area contributed by atoms with Crippen molar-refractivity contribution in [2.45, 2.75) is 38.6 Å². The van der Waals surface area contributed by atoms with E-state index in [1.807, 2.05) is 55.6 Å². The Labute approximate surface area is 207 Å². The molecular weight excluding hydrogens is 440 g/mol. The number of methoxy groups -OCH3 is 2. The molecule has 0 spiro atoms. The summed E-state index contributed by atoms with van der Waals surface area (Å²) in [5.74, 6) is 1.60. The number of hydrogen-bond donors (Lipinski definition) is 1. The van der Waals surface area contributed by atoms with Gasteiger partial charge in [-0.05, 0) is 81.2 Å². The quantitative estimate of drug-likeness (QED) is 0.502. The van der Waals surface area contributed by atoms with E-state index in [1.54, 1.807) is 14.2 Å². The van der Waals surface area contributed by atoms with Crippen molar-refractivity contribution >= 4 is 5.91 Å². The average Bonchev–Trinajstić information content (AvgIpc) is 2.89. The maximum Gasteiger partial charge on any atom is 0.253 e. The van der Waals surface area contributed by atoms with E-state index in [0.717, 1.165) is 55.1 Å². The van der Waals surface area contributed by atoms with Crippen LogP contribution < -0.4 is 14.8 Å². The lowest BCUT2D eigenvalue weighted by atomic mass is 9.89. The van der Waals surface area contributed by atoms with E-state index in [2.05, 4.69) is 21.3 Å². The van der Waals surface area contributed by atoms with Gasteiger partial charge in [0.25, 0.3) is 5.91 Å². The summed E-state index contributed by atoms with van der Waals surface area (Å²) in [5.41, 5.74) is 4.72. The molecule has 0 radical (unpaired) electrons. The van der Waals surface area contributed by atoms with Gasteiger partial charge in [-0.25, -0.2) is 0 Å². The number of pyridine rings is 2. The molecular formula is C28H34N4O3. The van der Waals surface area contributed by atoms with Crippen LogP contribution in [-0.4, -0.2) is 54.6 Å². The molecule has 1 N–H and O–H groups in total. The van der Waals surface area contributed by atoms with Gasteiger partial charge in [0, 0.05) is 30.9 Å². The largest absolute Gasteiger partial charge is 0.493 e. The zero-order valence-electron chi connectivity index (χ0n) is 20.8. The van der Waals surface area contributed by atoms with Gasteiger partial charge in [-0.3, -0.25) is 19.7 Å². The SMILES string of the molecule is COc1ccc(CCNC(=O)c2ccc(C)nc2C2CCN(Cc3ccccn3)CC2)cc1OC. The highest BCUT2D eigenvalue weighted by Crippen LogP contribution is 2.30. The fourth-order valence-electron chi connectivity index (χ4n) is 4.62. The van der Waals surface area contributed by atoms with Crippen molar-refractivity contribution in [1.29, 1.82) is 0 Å². The van der Waals surface area contributed by atoms with Crippen LogP contribution in [0.1, 0.15) is 51.8 Å². The highest BCUT2D eigenvalue weighted by atomic mass is 16.5. The lowest BCUT2D eigenvalue weighted by Gasteiger charge is -2.32. The maximum absolute atomic E-state index is 13.1. The number of amides is 1. The molecule has 1 saturated heterocycles. The van der Waals surface area contributed by atoms with E-state index in [9.17, 15) is 4.79 Å². The van der Waals surface area contributed by atoms with E-state index in [-0.39, 0.29) is 11.8 Å². The zero-order chi connectivity index (χ0) is 24.6. The highest BCUT2D eigenvalue weighted by Gasteiger charge is 2.26. The first-order valence-corrected chi connectivity index (χ1v) is 12.2. The van der Waals surface area contributed by atoms with E-state index in [0.29, 0.717) is 30.0 Å². The molecule has 7 heteroatoms. The van der Waals surface area contributed by atoms with Crippen LogP contribution in [0.5, 0.6) is 11.5 Å². The third-order valence-electron chi connectivity index (χ3n) is 6.54. The Bertz CT molecular complexity index is 1130. The summed E-state index contributed by atoms with van der Waals surface area (Å²) in [6.07, 6.45) is 4.51. The second kappa shape index (κ2) is 11.8. The lowest BCUT2D eigenvalue weighted by molar-refractivity contribution is 0.0951. The topological polar surface area (TPSA) is 76.6 Å². The molecule has 0 bridgehead atoms. The number of nitrogens with zero attached hydrogens (tertiary/aromatic N) is 3. The van der Waals surface area contributed by atoms with Crippen molar-refractivity contribution < 1.29 is 14.3 Å². The number of aryl methyl sites for hydroxylation is 1. The van der Waals surface area contributed by atoms with Crippen LogP contribution in [0.4, 0.5) is 0 Å². The van der Waals surface area contributed by atoms with Gasteiger partial charge in [-0.1, -0.05) is 12.1 Å². The average molecular weight is 475 g/mol. The number of nitrogens with one attached hydrogen (secondary N) is 1. The van der Waals surface area contributed by atoms with Crippen LogP contribution in [0.25, 0.3) is 0 Å². The molecule has 1 aliphatic heterocycles. The molecule has 0 aliphatic carbocycles. The number of carbonyl (C=O) groups excluding carboxylic acids is 1. The first-order valence-electron chi connectivity index (χ1n) is 12.2. The third kappa shape index (κ3) is 6.36. The standard InChI is InChI=1S/C28H34N4O3/c1-20-7-9-24(28(33)30-15-11-21-8-10-25(34-2)26(18-21)35-3)27(31-20)22-12-16-32(17-13-22)19-23-6-4-5-14-29-23/h4-10,14,18,22H,11-13,15-17,19H2,1-3H3,(H,30,33). The van der Waals surface area contributed by atoms with Gasteiger partial charge in [-0.2, -0.15) is 0 Å². The first kappa shape index (κ1) is 24.7. The van der Waals surface area contributed by atoms with Crippen LogP contribution >= 0.6 is 0 Å². The van der Waals surface area contributed by atoms with Gasteiger partial charge in [0.1, 0.15) is 0 Å². The Balaban J connectivity index is 1.36. The second-order valence-corrected chi connectivity index (χ2v) is 8.95. The number of benzene rings is 1. The van der Waals surface area contributed by atoms with Gasteiger partial charge in [-0.15, -0.1) is 0 Å². The van der Waals surface area contributed by atoms with Gasteiger partial charge in [0.2, 0.25) is 0 Å². The molecule has 2 aromatic heterocycles. The number of hydrogen-bond acceptors (Lipinski definition) is 6. The van der Waals surface area contributed by atoms with Gasteiger partial charge >= 0.3 is 0 Å². The van der Waals surface area contributed by atoms with E-state index < -0.39 is 0 Å². The van der Waals surface area contributed by atoms with Crippen LogP contribution in [0.2, 0.25) is 0 Å². The summed E-state index contributed by atoms with van der Waals surface area (Å²) in [6.45, 7) is 5.31. The number of rotatable bonds is 9. The number of carbonyl (C=O) groups is 1. The smallest absolute Gasteiger partial charge is 0.253 e. The van der Waals surface area contributed by atoms with Crippen molar-refractivity contribution in [3.05, 3.63) is 82.9 Å². The van der Waals surface area contributed by atoms with Gasteiger partial charge in [0.15, 0.2) is 11.5 Å². The van der Waals surface area contributed by atoms with E-state index in [1.165, 1.54) is 0 Å². The molecule has 3 aromatic rings. The molecule has 1 aromatic carbocycles. The fourth-order valence-corrected chi connectivity index (χ4v) is 4.62. The number of likely N-dealkylation sites (tertiary alicyclic amines) is 1. The molecule has 1 fully saturated rings. The van der Waals surface area contributed by atoms with Crippen LogP contribution in [-0.2, 0) is 13.0 Å². The molecule has 3 heterocycles. The Morgan fingerprint density at radius 2 is 1.86 bits per heavy atom. The molecule has 35 heavy (non-hydrogen) atoms. The van der Waals surface area contributed by atoms with Crippen LogP contribution in [0, 0.1) is 6.92 Å². The third-order valence-corrected chi connectivity index (χ3v) is 6.54.